The summed E-state index contributed by atoms with van der Waals surface area (Å²) in [5, 5.41) is 8.88. The Morgan fingerprint density at radius 2 is 1.94 bits per heavy atom. The average Bonchev–Trinajstić information content (AvgIpc) is 2.38. The van der Waals surface area contributed by atoms with Gasteiger partial charge in [0.1, 0.15) is 17.6 Å². The number of pyridine rings is 1. The third kappa shape index (κ3) is 2.19. The Bertz CT molecular complexity index is 453. The third-order valence-corrected chi connectivity index (χ3v) is 4.08. The molecule has 3 rings (SSSR count). The summed E-state index contributed by atoms with van der Waals surface area (Å²) in [6.45, 7) is 4.31. The van der Waals surface area contributed by atoms with Crippen molar-refractivity contribution in [3.05, 3.63) is 23.9 Å². The van der Waals surface area contributed by atoms with Gasteiger partial charge in [0, 0.05) is 32.2 Å². The number of aromatic nitrogens is 1. The Morgan fingerprint density at radius 1 is 1.17 bits per heavy atom. The lowest BCUT2D eigenvalue weighted by Gasteiger charge is -2.43. The molecule has 2 aliphatic rings. The molecule has 0 atom stereocenters. The van der Waals surface area contributed by atoms with Gasteiger partial charge >= 0.3 is 0 Å². The first-order chi connectivity index (χ1) is 8.86. The number of piperazine rings is 1. The van der Waals surface area contributed by atoms with Crippen LogP contribution in [0.25, 0.3) is 0 Å². The third-order valence-electron chi connectivity index (χ3n) is 4.08. The van der Waals surface area contributed by atoms with Gasteiger partial charge in [0.2, 0.25) is 0 Å². The molecule has 0 radical (unpaired) electrons. The van der Waals surface area contributed by atoms with E-state index < -0.39 is 0 Å². The van der Waals surface area contributed by atoms with E-state index in [0.29, 0.717) is 5.69 Å². The molecule has 0 amide bonds. The number of hydrogen-bond donors (Lipinski definition) is 0. The summed E-state index contributed by atoms with van der Waals surface area (Å²) >= 11 is 0. The molecule has 18 heavy (non-hydrogen) atoms. The van der Waals surface area contributed by atoms with E-state index in [1.54, 1.807) is 6.07 Å². The zero-order valence-corrected chi connectivity index (χ0v) is 10.5. The quantitative estimate of drug-likeness (QED) is 0.790. The van der Waals surface area contributed by atoms with Crippen LogP contribution in [0.5, 0.6) is 0 Å². The van der Waals surface area contributed by atoms with E-state index >= 15 is 0 Å². The van der Waals surface area contributed by atoms with Gasteiger partial charge in [0.05, 0.1) is 0 Å². The highest BCUT2D eigenvalue weighted by molar-refractivity contribution is 5.42. The fourth-order valence-electron chi connectivity index (χ4n) is 2.73. The fourth-order valence-corrected chi connectivity index (χ4v) is 2.73. The van der Waals surface area contributed by atoms with Crippen molar-refractivity contribution in [3.8, 4) is 6.07 Å². The van der Waals surface area contributed by atoms with Crippen LogP contribution < -0.4 is 4.90 Å². The van der Waals surface area contributed by atoms with E-state index in [1.165, 1.54) is 19.3 Å². The van der Waals surface area contributed by atoms with Crippen LogP contribution in [0.15, 0.2) is 18.2 Å². The van der Waals surface area contributed by atoms with Crippen LogP contribution in [-0.2, 0) is 0 Å². The van der Waals surface area contributed by atoms with Gasteiger partial charge in [-0.2, -0.15) is 5.26 Å². The normalized spacial score (nSPS) is 21.4. The minimum atomic E-state index is 0.508. The maximum atomic E-state index is 8.88. The Hall–Kier alpha value is -1.60. The SMILES string of the molecule is N#Cc1cccc(N2CCN(C3CCC3)CC2)n1. The van der Waals surface area contributed by atoms with Crippen molar-refractivity contribution in [1.29, 1.82) is 5.26 Å². The van der Waals surface area contributed by atoms with Crippen LogP contribution in [-0.4, -0.2) is 42.1 Å². The average molecular weight is 242 g/mol. The Labute approximate surface area is 108 Å². The molecule has 1 aromatic rings. The molecule has 94 valence electrons. The van der Waals surface area contributed by atoms with Gasteiger partial charge in [-0.3, -0.25) is 4.90 Å². The molecule has 4 nitrogen and oxygen atoms in total. The predicted octanol–water partition coefficient (Wildman–Crippen LogP) is 1.63. The molecule has 2 heterocycles. The van der Waals surface area contributed by atoms with Crippen molar-refractivity contribution in [2.24, 2.45) is 0 Å². The van der Waals surface area contributed by atoms with Crippen molar-refractivity contribution in [1.82, 2.24) is 9.88 Å². The smallest absolute Gasteiger partial charge is 0.142 e. The van der Waals surface area contributed by atoms with Crippen molar-refractivity contribution in [3.63, 3.8) is 0 Å². The molecule has 0 bridgehead atoms. The molecular weight excluding hydrogens is 224 g/mol. The molecule has 0 N–H and O–H groups in total. The first-order valence-electron chi connectivity index (χ1n) is 6.73. The van der Waals surface area contributed by atoms with E-state index in [1.807, 2.05) is 12.1 Å². The lowest BCUT2D eigenvalue weighted by Crippen LogP contribution is -2.52. The maximum absolute atomic E-state index is 8.88. The van der Waals surface area contributed by atoms with E-state index in [-0.39, 0.29) is 0 Å². The van der Waals surface area contributed by atoms with Crippen LogP contribution >= 0.6 is 0 Å². The Balaban J connectivity index is 1.63. The maximum Gasteiger partial charge on any atom is 0.142 e. The zero-order chi connectivity index (χ0) is 12.4. The van der Waals surface area contributed by atoms with Gasteiger partial charge in [0.15, 0.2) is 0 Å². The molecule has 1 aliphatic heterocycles. The molecule has 0 aromatic carbocycles. The lowest BCUT2D eigenvalue weighted by atomic mass is 9.91. The van der Waals surface area contributed by atoms with Crippen LogP contribution in [0.2, 0.25) is 0 Å². The summed E-state index contributed by atoms with van der Waals surface area (Å²) in [7, 11) is 0. The van der Waals surface area contributed by atoms with Gasteiger partial charge in [-0.15, -0.1) is 0 Å². The summed E-state index contributed by atoms with van der Waals surface area (Å²) in [6, 6.07) is 8.62. The summed E-state index contributed by atoms with van der Waals surface area (Å²) < 4.78 is 0. The summed E-state index contributed by atoms with van der Waals surface area (Å²) in [4.78, 5) is 9.26. The van der Waals surface area contributed by atoms with Crippen LogP contribution in [0.4, 0.5) is 5.82 Å². The highest BCUT2D eigenvalue weighted by Gasteiger charge is 2.28. The molecular formula is C14H18N4. The van der Waals surface area contributed by atoms with Gasteiger partial charge < -0.3 is 4.90 Å². The molecule has 1 saturated heterocycles. The minimum absolute atomic E-state index is 0.508. The number of nitriles is 1. The van der Waals surface area contributed by atoms with Crippen LogP contribution in [0.3, 0.4) is 0 Å². The predicted molar refractivity (Wildman–Crippen MR) is 70.4 cm³/mol. The second-order valence-corrected chi connectivity index (χ2v) is 5.10. The highest BCUT2D eigenvalue weighted by Crippen LogP contribution is 2.26. The monoisotopic (exact) mass is 242 g/mol. The number of hydrogen-bond acceptors (Lipinski definition) is 4. The second-order valence-electron chi connectivity index (χ2n) is 5.10. The first kappa shape index (κ1) is 11.5. The van der Waals surface area contributed by atoms with Crippen molar-refractivity contribution in [2.45, 2.75) is 25.3 Å². The van der Waals surface area contributed by atoms with Crippen molar-refractivity contribution >= 4 is 5.82 Å². The number of nitrogens with zero attached hydrogens (tertiary/aromatic N) is 4. The highest BCUT2D eigenvalue weighted by atomic mass is 15.3. The molecule has 1 saturated carbocycles. The van der Waals surface area contributed by atoms with Gasteiger partial charge in [0.25, 0.3) is 0 Å². The van der Waals surface area contributed by atoms with E-state index in [9.17, 15) is 0 Å². The molecule has 0 spiro atoms. The first-order valence-corrected chi connectivity index (χ1v) is 6.73. The van der Waals surface area contributed by atoms with E-state index in [2.05, 4.69) is 20.9 Å². The van der Waals surface area contributed by atoms with Crippen LogP contribution in [0, 0.1) is 11.3 Å². The number of anilines is 1. The van der Waals surface area contributed by atoms with Gasteiger partial charge in [-0.05, 0) is 25.0 Å². The van der Waals surface area contributed by atoms with Crippen molar-refractivity contribution in [2.75, 3.05) is 31.1 Å². The largest absolute Gasteiger partial charge is 0.354 e. The van der Waals surface area contributed by atoms with Gasteiger partial charge in [-0.1, -0.05) is 12.5 Å². The number of rotatable bonds is 2. The minimum Gasteiger partial charge on any atom is -0.354 e. The summed E-state index contributed by atoms with van der Waals surface area (Å²) in [5.74, 6) is 0.947. The molecule has 1 aromatic heterocycles. The lowest BCUT2D eigenvalue weighted by molar-refractivity contribution is 0.120. The van der Waals surface area contributed by atoms with Crippen LogP contribution in [0.1, 0.15) is 25.0 Å². The summed E-state index contributed by atoms with van der Waals surface area (Å²) in [5.41, 5.74) is 0.508. The standard InChI is InChI=1S/C14H18N4/c15-11-12-3-1-6-14(16-12)18-9-7-17(8-10-18)13-4-2-5-13/h1,3,6,13H,2,4-5,7-10H2. The zero-order valence-electron chi connectivity index (χ0n) is 10.5. The second kappa shape index (κ2) is 4.95. The Morgan fingerprint density at radius 3 is 2.56 bits per heavy atom. The molecule has 0 unspecified atom stereocenters. The summed E-state index contributed by atoms with van der Waals surface area (Å²) in [6.07, 6.45) is 4.15. The van der Waals surface area contributed by atoms with Gasteiger partial charge in [-0.25, -0.2) is 4.98 Å². The van der Waals surface area contributed by atoms with E-state index in [0.717, 1.165) is 38.0 Å². The fraction of sp³-hybridized carbons (Fsp3) is 0.571. The molecule has 4 heteroatoms. The topological polar surface area (TPSA) is 43.2 Å². The van der Waals surface area contributed by atoms with E-state index in [4.69, 9.17) is 5.26 Å². The molecule has 2 fully saturated rings. The molecule has 1 aliphatic carbocycles. The van der Waals surface area contributed by atoms with Crippen molar-refractivity contribution < 1.29 is 0 Å². The Kier molecular flexibility index (Phi) is 3.16.